The average molecular weight is 299 g/mol. The number of anilines is 1. The molecular formula is C18H21NO3. The third-order valence-corrected chi connectivity index (χ3v) is 3.38. The second kappa shape index (κ2) is 6.98. The lowest BCUT2D eigenvalue weighted by Gasteiger charge is -2.17. The molecule has 0 bridgehead atoms. The summed E-state index contributed by atoms with van der Waals surface area (Å²) in [6.07, 6.45) is -0.605. The van der Waals surface area contributed by atoms with Crippen molar-refractivity contribution in [3.63, 3.8) is 0 Å². The number of hydrogen-bond acceptors (Lipinski definition) is 3. The molecule has 0 saturated carbocycles. The average Bonchev–Trinajstić information content (AvgIpc) is 2.49. The highest BCUT2D eigenvalue weighted by atomic mass is 16.5. The Kier molecular flexibility index (Phi) is 5.04. The SMILES string of the molecule is COc1ccc(C)cc1NC(=O)[C@@H](C)Oc1ccccc1C. The summed E-state index contributed by atoms with van der Waals surface area (Å²) in [4.78, 5) is 12.3. The predicted molar refractivity (Wildman–Crippen MR) is 87.6 cm³/mol. The number of amides is 1. The fourth-order valence-corrected chi connectivity index (χ4v) is 2.09. The number of nitrogens with one attached hydrogen (secondary N) is 1. The van der Waals surface area contributed by atoms with Crippen molar-refractivity contribution in [3.05, 3.63) is 53.6 Å². The van der Waals surface area contributed by atoms with Crippen molar-refractivity contribution in [1.29, 1.82) is 0 Å². The van der Waals surface area contributed by atoms with E-state index in [2.05, 4.69) is 5.32 Å². The fraction of sp³-hybridized carbons (Fsp3) is 0.278. The maximum absolute atomic E-state index is 12.3. The highest BCUT2D eigenvalue weighted by molar-refractivity contribution is 5.95. The first-order valence-electron chi connectivity index (χ1n) is 7.19. The number of aryl methyl sites for hydroxylation is 2. The van der Waals surface area contributed by atoms with Crippen LogP contribution in [0.15, 0.2) is 42.5 Å². The summed E-state index contributed by atoms with van der Waals surface area (Å²) in [5.74, 6) is 1.12. The molecule has 4 heteroatoms. The van der Waals surface area contributed by atoms with Crippen LogP contribution in [0.5, 0.6) is 11.5 Å². The molecule has 0 heterocycles. The minimum absolute atomic E-state index is 0.216. The standard InChI is InChI=1S/C18H21NO3/c1-12-9-10-17(21-4)15(11-12)19-18(20)14(3)22-16-8-6-5-7-13(16)2/h5-11,14H,1-4H3,(H,19,20)/t14-/m1/s1. The summed E-state index contributed by atoms with van der Waals surface area (Å²) in [7, 11) is 1.58. The molecule has 116 valence electrons. The van der Waals surface area contributed by atoms with E-state index in [-0.39, 0.29) is 5.91 Å². The predicted octanol–water partition coefficient (Wildman–Crippen LogP) is 3.72. The van der Waals surface area contributed by atoms with Gasteiger partial charge in [0.05, 0.1) is 12.8 Å². The molecular weight excluding hydrogens is 278 g/mol. The number of ether oxygens (including phenoxy) is 2. The van der Waals surface area contributed by atoms with Gasteiger partial charge in [0, 0.05) is 0 Å². The van der Waals surface area contributed by atoms with Crippen molar-refractivity contribution in [1.82, 2.24) is 0 Å². The van der Waals surface area contributed by atoms with Crippen molar-refractivity contribution in [2.24, 2.45) is 0 Å². The first-order valence-corrected chi connectivity index (χ1v) is 7.19. The van der Waals surface area contributed by atoms with Gasteiger partial charge in [-0.25, -0.2) is 0 Å². The van der Waals surface area contributed by atoms with Crippen LogP contribution in [0.2, 0.25) is 0 Å². The molecule has 1 amide bonds. The summed E-state index contributed by atoms with van der Waals surface area (Å²) in [5.41, 5.74) is 2.69. The van der Waals surface area contributed by atoms with Gasteiger partial charge in [-0.05, 0) is 50.1 Å². The zero-order valence-corrected chi connectivity index (χ0v) is 13.3. The van der Waals surface area contributed by atoms with Crippen molar-refractivity contribution < 1.29 is 14.3 Å². The van der Waals surface area contributed by atoms with Gasteiger partial charge in [-0.2, -0.15) is 0 Å². The minimum Gasteiger partial charge on any atom is -0.495 e. The van der Waals surface area contributed by atoms with Gasteiger partial charge in [-0.3, -0.25) is 4.79 Å². The van der Waals surface area contributed by atoms with Gasteiger partial charge in [0.15, 0.2) is 6.10 Å². The van der Waals surface area contributed by atoms with Gasteiger partial charge in [0.1, 0.15) is 11.5 Å². The van der Waals surface area contributed by atoms with E-state index >= 15 is 0 Å². The second-order valence-corrected chi connectivity index (χ2v) is 5.22. The van der Waals surface area contributed by atoms with Crippen molar-refractivity contribution >= 4 is 11.6 Å². The molecule has 0 aliphatic carbocycles. The zero-order chi connectivity index (χ0) is 16.1. The molecule has 1 N–H and O–H groups in total. The highest BCUT2D eigenvalue weighted by Crippen LogP contribution is 2.26. The number of hydrogen-bond donors (Lipinski definition) is 1. The molecule has 0 radical (unpaired) electrons. The topological polar surface area (TPSA) is 47.6 Å². The van der Waals surface area contributed by atoms with E-state index in [1.54, 1.807) is 14.0 Å². The molecule has 0 unspecified atom stereocenters. The van der Waals surface area contributed by atoms with Gasteiger partial charge in [0.2, 0.25) is 0 Å². The fourth-order valence-electron chi connectivity index (χ4n) is 2.09. The van der Waals surface area contributed by atoms with Crippen LogP contribution in [0.25, 0.3) is 0 Å². The Labute approximate surface area is 131 Å². The lowest BCUT2D eigenvalue weighted by Crippen LogP contribution is -2.30. The van der Waals surface area contributed by atoms with E-state index in [0.717, 1.165) is 11.1 Å². The summed E-state index contributed by atoms with van der Waals surface area (Å²) in [6.45, 7) is 5.63. The highest BCUT2D eigenvalue weighted by Gasteiger charge is 2.17. The van der Waals surface area contributed by atoms with Crippen LogP contribution in [0, 0.1) is 13.8 Å². The monoisotopic (exact) mass is 299 g/mol. The molecule has 0 spiro atoms. The third-order valence-electron chi connectivity index (χ3n) is 3.38. The Morgan fingerprint density at radius 1 is 1.09 bits per heavy atom. The molecule has 0 aromatic heterocycles. The third kappa shape index (κ3) is 3.79. The molecule has 1 atom stereocenters. The maximum Gasteiger partial charge on any atom is 0.265 e. The Hall–Kier alpha value is -2.49. The van der Waals surface area contributed by atoms with Crippen LogP contribution in [0.3, 0.4) is 0 Å². The van der Waals surface area contributed by atoms with E-state index in [1.807, 2.05) is 56.3 Å². The number of para-hydroxylation sites is 1. The summed E-state index contributed by atoms with van der Waals surface area (Å²) >= 11 is 0. The van der Waals surface area contributed by atoms with Crippen molar-refractivity contribution in [2.75, 3.05) is 12.4 Å². The van der Waals surface area contributed by atoms with Gasteiger partial charge >= 0.3 is 0 Å². The molecule has 2 rings (SSSR count). The number of rotatable bonds is 5. The first-order chi connectivity index (χ1) is 10.5. The van der Waals surface area contributed by atoms with Gasteiger partial charge in [0.25, 0.3) is 5.91 Å². The minimum atomic E-state index is -0.605. The number of methoxy groups -OCH3 is 1. The van der Waals surface area contributed by atoms with E-state index < -0.39 is 6.10 Å². The lowest BCUT2D eigenvalue weighted by molar-refractivity contribution is -0.122. The van der Waals surface area contributed by atoms with Crippen LogP contribution in [0.4, 0.5) is 5.69 Å². The van der Waals surface area contributed by atoms with Gasteiger partial charge in [-0.15, -0.1) is 0 Å². The van der Waals surface area contributed by atoms with Crippen LogP contribution in [-0.2, 0) is 4.79 Å². The van der Waals surface area contributed by atoms with Crippen LogP contribution >= 0.6 is 0 Å². The molecule has 0 saturated heterocycles. The van der Waals surface area contributed by atoms with Gasteiger partial charge < -0.3 is 14.8 Å². The Balaban J connectivity index is 2.09. The summed E-state index contributed by atoms with van der Waals surface area (Å²) in [5, 5.41) is 2.85. The van der Waals surface area contributed by atoms with Crippen LogP contribution in [0.1, 0.15) is 18.1 Å². The second-order valence-electron chi connectivity index (χ2n) is 5.22. The first kappa shape index (κ1) is 15.9. The summed E-state index contributed by atoms with van der Waals surface area (Å²) < 4.78 is 11.0. The lowest BCUT2D eigenvalue weighted by atomic mass is 10.2. The summed E-state index contributed by atoms with van der Waals surface area (Å²) in [6, 6.07) is 13.3. The van der Waals surface area contributed by atoms with Gasteiger partial charge in [-0.1, -0.05) is 24.3 Å². The van der Waals surface area contributed by atoms with E-state index in [0.29, 0.717) is 17.2 Å². The number of benzene rings is 2. The number of carbonyl (C=O) groups is 1. The number of carbonyl (C=O) groups excluding carboxylic acids is 1. The molecule has 0 aliphatic heterocycles. The zero-order valence-electron chi connectivity index (χ0n) is 13.3. The molecule has 2 aromatic rings. The van der Waals surface area contributed by atoms with Crippen molar-refractivity contribution in [2.45, 2.75) is 26.9 Å². The van der Waals surface area contributed by atoms with Crippen molar-refractivity contribution in [3.8, 4) is 11.5 Å². The van der Waals surface area contributed by atoms with E-state index in [9.17, 15) is 4.79 Å². The largest absolute Gasteiger partial charge is 0.495 e. The quantitative estimate of drug-likeness (QED) is 0.915. The molecule has 0 aliphatic rings. The van der Waals surface area contributed by atoms with E-state index in [4.69, 9.17) is 9.47 Å². The molecule has 2 aromatic carbocycles. The Morgan fingerprint density at radius 2 is 1.82 bits per heavy atom. The molecule has 4 nitrogen and oxygen atoms in total. The smallest absolute Gasteiger partial charge is 0.265 e. The van der Waals surface area contributed by atoms with Crippen LogP contribution < -0.4 is 14.8 Å². The molecule has 0 fully saturated rings. The molecule has 22 heavy (non-hydrogen) atoms. The normalized spacial score (nSPS) is 11.6. The maximum atomic E-state index is 12.3. The Bertz CT molecular complexity index is 667. The Morgan fingerprint density at radius 3 is 2.50 bits per heavy atom. The van der Waals surface area contributed by atoms with E-state index in [1.165, 1.54) is 0 Å². The van der Waals surface area contributed by atoms with Crippen LogP contribution in [-0.4, -0.2) is 19.1 Å².